The lowest BCUT2D eigenvalue weighted by Crippen LogP contribution is -2.32. The molecule has 0 radical (unpaired) electrons. The first-order valence-corrected chi connectivity index (χ1v) is 9.12. The number of hydrogen-bond acceptors (Lipinski definition) is 2. The number of halogens is 2. The van der Waals surface area contributed by atoms with Gasteiger partial charge in [-0.15, -0.1) is 0 Å². The highest BCUT2D eigenvalue weighted by Gasteiger charge is 2.32. The molecular weight excluding hydrogens is 375 g/mol. The summed E-state index contributed by atoms with van der Waals surface area (Å²) in [6.07, 6.45) is 1.75. The average Bonchev–Trinajstić information content (AvgIpc) is 3.01. The molecule has 1 aliphatic heterocycles. The fourth-order valence-electron chi connectivity index (χ4n) is 2.96. The predicted molar refractivity (Wildman–Crippen MR) is 111 cm³/mol. The molecule has 0 atom stereocenters. The third kappa shape index (κ3) is 3.59. The van der Waals surface area contributed by atoms with E-state index in [2.05, 4.69) is 4.99 Å². The first kappa shape index (κ1) is 18.1. The maximum atomic E-state index is 13.4. The number of nitrogens with zero attached hydrogens (tertiary/aromatic N) is 2. The second kappa shape index (κ2) is 7.41. The Kier molecular flexibility index (Phi) is 4.80. The van der Waals surface area contributed by atoms with Crippen molar-refractivity contribution in [3.8, 4) is 0 Å². The maximum Gasteiger partial charge on any atom is 0.282 e. The highest BCUT2D eigenvalue weighted by molar-refractivity contribution is 6.33. The second-order valence-corrected chi connectivity index (χ2v) is 6.94. The van der Waals surface area contributed by atoms with E-state index >= 15 is 0 Å². The van der Waals surface area contributed by atoms with Gasteiger partial charge in [-0.1, -0.05) is 41.4 Å². The van der Waals surface area contributed by atoms with E-state index in [-0.39, 0.29) is 11.7 Å². The second-order valence-electron chi connectivity index (χ2n) is 6.50. The Balaban J connectivity index is 1.81. The zero-order chi connectivity index (χ0) is 19.7. The molecule has 28 heavy (non-hydrogen) atoms. The van der Waals surface area contributed by atoms with Crippen molar-refractivity contribution in [3.63, 3.8) is 0 Å². The molecule has 1 heterocycles. The Morgan fingerprint density at radius 3 is 2.21 bits per heavy atom. The van der Waals surface area contributed by atoms with Crippen LogP contribution in [-0.2, 0) is 4.79 Å². The predicted octanol–water partition coefficient (Wildman–Crippen LogP) is 5.62. The fraction of sp³-hybridized carbons (Fsp3) is 0.0435. The molecule has 0 saturated heterocycles. The summed E-state index contributed by atoms with van der Waals surface area (Å²) in [4.78, 5) is 19.2. The van der Waals surface area contributed by atoms with E-state index in [1.807, 2.05) is 31.2 Å². The highest BCUT2D eigenvalue weighted by atomic mass is 35.5. The van der Waals surface area contributed by atoms with E-state index < -0.39 is 0 Å². The SMILES string of the molecule is Cc1ccc(/C=C2/N=C(c3ccc(F)cc3)N(c3ccc(Cl)cc3)C2=O)cc1. The van der Waals surface area contributed by atoms with Crippen molar-refractivity contribution in [3.05, 3.63) is 106 Å². The molecule has 0 fully saturated rings. The summed E-state index contributed by atoms with van der Waals surface area (Å²) < 4.78 is 13.4. The summed E-state index contributed by atoms with van der Waals surface area (Å²) >= 11 is 5.99. The van der Waals surface area contributed by atoms with Crippen molar-refractivity contribution in [2.45, 2.75) is 6.92 Å². The Labute approximate surface area is 167 Å². The van der Waals surface area contributed by atoms with Gasteiger partial charge in [-0.05, 0) is 67.1 Å². The van der Waals surface area contributed by atoms with E-state index in [1.165, 1.54) is 17.0 Å². The molecule has 0 N–H and O–H groups in total. The van der Waals surface area contributed by atoms with Gasteiger partial charge in [-0.3, -0.25) is 9.69 Å². The van der Waals surface area contributed by atoms with Crippen LogP contribution < -0.4 is 4.90 Å². The van der Waals surface area contributed by atoms with Gasteiger partial charge in [0.2, 0.25) is 0 Å². The van der Waals surface area contributed by atoms with E-state index in [0.29, 0.717) is 27.8 Å². The number of hydrogen-bond donors (Lipinski definition) is 0. The normalized spacial score (nSPS) is 15.2. The van der Waals surface area contributed by atoms with Crippen LogP contribution in [0.25, 0.3) is 6.08 Å². The Hall–Kier alpha value is -3.24. The van der Waals surface area contributed by atoms with Crippen LogP contribution in [0.2, 0.25) is 5.02 Å². The van der Waals surface area contributed by atoms with Gasteiger partial charge in [0.1, 0.15) is 17.3 Å². The average molecular weight is 391 g/mol. The minimum atomic E-state index is -0.345. The van der Waals surface area contributed by atoms with Crippen LogP contribution in [0.5, 0.6) is 0 Å². The van der Waals surface area contributed by atoms with Crippen LogP contribution in [0.4, 0.5) is 10.1 Å². The molecule has 5 heteroatoms. The number of rotatable bonds is 3. The molecular formula is C23H16ClFN2O. The summed E-state index contributed by atoms with van der Waals surface area (Å²) in [6.45, 7) is 2.00. The van der Waals surface area contributed by atoms with Crippen LogP contribution >= 0.6 is 11.6 Å². The largest absolute Gasteiger partial charge is 0.282 e. The lowest BCUT2D eigenvalue weighted by molar-refractivity contribution is -0.113. The van der Waals surface area contributed by atoms with Crippen LogP contribution in [-0.4, -0.2) is 11.7 Å². The topological polar surface area (TPSA) is 32.7 Å². The molecule has 0 saturated carbocycles. The lowest BCUT2D eigenvalue weighted by atomic mass is 10.1. The molecule has 1 amide bonds. The summed E-state index contributed by atoms with van der Waals surface area (Å²) in [7, 11) is 0. The van der Waals surface area contributed by atoms with Crippen molar-refractivity contribution >= 4 is 35.1 Å². The van der Waals surface area contributed by atoms with Crippen molar-refractivity contribution in [1.29, 1.82) is 0 Å². The number of amidine groups is 1. The first-order chi connectivity index (χ1) is 13.5. The van der Waals surface area contributed by atoms with E-state index in [0.717, 1.165) is 11.1 Å². The van der Waals surface area contributed by atoms with Gasteiger partial charge in [0.05, 0.1) is 5.69 Å². The van der Waals surface area contributed by atoms with E-state index in [1.54, 1.807) is 42.5 Å². The molecule has 0 aliphatic carbocycles. The molecule has 0 spiro atoms. The van der Waals surface area contributed by atoms with Crippen LogP contribution in [0.1, 0.15) is 16.7 Å². The number of amides is 1. The van der Waals surface area contributed by atoms with Crippen molar-refractivity contribution < 1.29 is 9.18 Å². The Morgan fingerprint density at radius 2 is 1.57 bits per heavy atom. The van der Waals surface area contributed by atoms with Crippen LogP contribution in [0, 0.1) is 12.7 Å². The van der Waals surface area contributed by atoms with Gasteiger partial charge in [0.15, 0.2) is 0 Å². The quantitative estimate of drug-likeness (QED) is 0.534. The standard InChI is InChI=1S/C23H16ClFN2O/c1-15-2-4-16(5-3-15)14-21-23(28)27(20-12-8-18(24)9-13-20)22(26-21)17-6-10-19(25)11-7-17/h2-14H,1H3/b21-14+. The van der Waals surface area contributed by atoms with Crippen molar-refractivity contribution in [2.75, 3.05) is 4.90 Å². The zero-order valence-corrected chi connectivity index (χ0v) is 15.8. The van der Waals surface area contributed by atoms with Gasteiger partial charge in [-0.2, -0.15) is 0 Å². The molecule has 3 nitrogen and oxygen atoms in total. The number of benzene rings is 3. The third-order valence-electron chi connectivity index (χ3n) is 4.43. The smallest absolute Gasteiger partial charge is 0.266 e. The summed E-state index contributed by atoms with van der Waals surface area (Å²) in [5.74, 6) is -0.143. The summed E-state index contributed by atoms with van der Waals surface area (Å²) in [5, 5.41) is 0.575. The molecule has 4 rings (SSSR count). The molecule has 138 valence electrons. The van der Waals surface area contributed by atoms with Gasteiger partial charge < -0.3 is 0 Å². The van der Waals surface area contributed by atoms with Crippen molar-refractivity contribution in [1.82, 2.24) is 0 Å². The molecule has 3 aromatic carbocycles. The number of carbonyl (C=O) groups is 1. The fourth-order valence-corrected chi connectivity index (χ4v) is 3.09. The Bertz CT molecular complexity index is 1080. The molecule has 0 bridgehead atoms. The van der Waals surface area contributed by atoms with Gasteiger partial charge >= 0.3 is 0 Å². The van der Waals surface area contributed by atoms with Gasteiger partial charge in [0, 0.05) is 10.6 Å². The molecule has 1 aliphatic rings. The van der Waals surface area contributed by atoms with Gasteiger partial charge in [-0.25, -0.2) is 9.38 Å². The molecule has 0 aromatic heterocycles. The number of carbonyl (C=O) groups excluding carboxylic acids is 1. The first-order valence-electron chi connectivity index (χ1n) is 8.74. The molecule has 0 unspecified atom stereocenters. The highest BCUT2D eigenvalue weighted by Crippen LogP contribution is 2.29. The number of anilines is 1. The summed E-state index contributed by atoms with van der Waals surface area (Å²) in [5.41, 5.74) is 3.63. The lowest BCUT2D eigenvalue weighted by Gasteiger charge is -2.18. The summed E-state index contributed by atoms with van der Waals surface area (Å²) in [6, 6.07) is 20.7. The third-order valence-corrected chi connectivity index (χ3v) is 4.68. The minimum Gasteiger partial charge on any atom is -0.266 e. The zero-order valence-electron chi connectivity index (χ0n) is 15.1. The molecule has 3 aromatic rings. The van der Waals surface area contributed by atoms with E-state index in [9.17, 15) is 9.18 Å². The monoisotopic (exact) mass is 390 g/mol. The van der Waals surface area contributed by atoms with Crippen LogP contribution in [0.3, 0.4) is 0 Å². The van der Waals surface area contributed by atoms with Crippen LogP contribution in [0.15, 0.2) is 83.5 Å². The number of aliphatic imine (C=N–C) groups is 1. The number of aryl methyl sites for hydroxylation is 1. The van der Waals surface area contributed by atoms with Gasteiger partial charge in [0.25, 0.3) is 5.91 Å². The van der Waals surface area contributed by atoms with Crippen molar-refractivity contribution in [2.24, 2.45) is 4.99 Å². The van der Waals surface area contributed by atoms with E-state index in [4.69, 9.17) is 11.6 Å². The Morgan fingerprint density at radius 1 is 0.929 bits per heavy atom. The minimum absolute atomic E-state index is 0.248. The maximum absolute atomic E-state index is 13.4.